The molecule has 0 bridgehead atoms. The van der Waals surface area contributed by atoms with Crippen LogP contribution in [0.25, 0.3) is 0 Å². The van der Waals surface area contributed by atoms with Crippen molar-refractivity contribution in [2.24, 2.45) is 0 Å². The van der Waals surface area contributed by atoms with E-state index in [-0.39, 0.29) is 0 Å². The molecule has 3 heteroatoms. The van der Waals surface area contributed by atoms with Gasteiger partial charge in [0.1, 0.15) is 11.5 Å². The topological polar surface area (TPSA) is 45.4 Å². The first kappa shape index (κ1) is 11.7. The molecule has 0 amide bonds. The van der Waals surface area contributed by atoms with Gasteiger partial charge in [-0.05, 0) is 36.8 Å². The quantitative estimate of drug-likeness (QED) is 0.831. The molecule has 2 N–H and O–H groups in total. The molecule has 1 heterocycles. The largest absolute Gasteiger partial charge is 0.508 e. The molecule has 0 aliphatic heterocycles. The number of phenolic OH excluding ortho intramolecular Hbond substituents is 1. The molecule has 0 radical (unpaired) electrons. The average Bonchev–Trinajstić information content (AvgIpc) is 2.79. The Morgan fingerprint density at radius 2 is 2.18 bits per heavy atom. The number of nitrogens with one attached hydrogen (secondary N) is 1. The van der Waals surface area contributed by atoms with E-state index in [1.807, 2.05) is 24.3 Å². The Balaban J connectivity index is 1.82. The number of aromatic hydroxyl groups is 1. The lowest BCUT2D eigenvalue weighted by molar-refractivity contribution is 0.454. The number of hydrogen-bond acceptors (Lipinski definition) is 3. The van der Waals surface area contributed by atoms with Gasteiger partial charge in [-0.15, -0.1) is 0 Å². The van der Waals surface area contributed by atoms with Crippen molar-refractivity contribution in [1.82, 2.24) is 5.32 Å². The van der Waals surface area contributed by atoms with Crippen LogP contribution in [0.4, 0.5) is 0 Å². The maximum absolute atomic E-state index is 9.34. The first-order chi connectivity index (χ1) is 8.24. The van der Waals surface area contributed by atoms with Crippen molar-refractivity contribution in [3.8, 4) is 5.75 Å². The minimum atomic E-state index is 0.308. The van der Waals surface area contributed by atoms with Crippen molar-refractivity contribution < 1.29 is 9.52 Å². The number of phenols is 1. The molecule has 0 spiro atoms. The van der Waals surface area contributed by atoms with Crippen LogP contribution in [0.15, 0.2) is 47.1 Å². The molecule has 0 aliphatic carbocycles. The Labute approximate surface area is 101 Å². The first-order valence-electron chi connectivity index (χ1n) is 5.78. The summed E-state index contributed by atoms with van der Waals surface area (Å²) in [6.07, 6.45) is 2.56. The van der Waals surface area contributed by atoms with Crippen molar-refractivity contribution in [3.63, 3.8) is 0 Å². The van der Waals surface area contributed by atoms with Gasteiger partial charge in [0.2, 0.25) is 0 Å². The third-order valence-electron chi connectivity index (χ3n) is 2.65. The summed E-state index contributed by atoms with van der Waals surface area (Å²) in [5, 5.41) is 12.7. The van der Waals surface area contributed by atoms with Gasteiger partial charge in [0.05, 0.1) is 6.26 Å². The summed E-state index contributed by atoms with van der Waals surface area (Å²) in [5.74, 6) is 1.30. The van der Waals surface area contributed by atoms with Crippen LogP contribution in [0.2, 0.25) is 0 Å². The van der Waals surface area contributed by atoms with E-state index >= 15 is 0 Å². The smallest absolute Gasteiger partial charge is 0.115 e. The lowest BCUT2D eigenvalue weighted by atomic mass is 10.1. The fourth-order valence-electron chi connectivity index (χ4n) is 1.76. The van der Waals surface area contributed by atoms with E-state index in [1.165, 1.54) is 0 Å². The van der Waals surface area contributed by atoms with Crippen LogP contribution in [-0.2, 0) is 13.0 Å². The van der Waals surface area contributed by atoms with Gasteiger partial charge in [0, 0.05) is 19.0 Å². The van der Waals surface area contributed by atoms with Gasteiger partial charge in [-0.1, -0.05) is 12.1 Å². The SMILES string of the molecule is CC(Cc1ccco1)NCc1cccc(O)c1. The molecule has 0 fully saturated rings. The fourth-order valence-corrected chi connectivity index (χ4v) is 1.76. The van der Waals surface area contributed by atoms with Crippen LogP contribution in [-0.4, -0.2) is 11.1 Å². The zero-order chi connectivity index (χ0) is 12.1. The van der Waals surface area contributed by atoms with Crippen molar-refractivity contribution in [2.75, 3.05) is 0 Å². The normalized spacial score (nSPS) is 12.5. The summed E-state index contributed by atoms with van der Waals surface area (Å²) in [6.45, 7) is 2.86. The molecule has 1 aromatic heterocycles. The lowest BCUT2D eigenvalue weighted by Crippen LogP contribution is -2.27. The lowest BCUT2D eigenvalue weighted by Gasteiger charge is -2.12. The van der Waals surface area contributed by atoms with Gasteiger partial charge >= 0.3 is 0 Å². The van der Waals surface area contributed by atoms with E-state index in [4.69, 9.17) is 4.42 Å². The molecule has 2 aromatic rings. The van der Waals surface area contributed by atoms with Crippen LogP contribution in [0.3, 0.4) is 0 Å². The van der Waals surface area contributed by atoms with Crippen molar-refractivity contribution in [2.45, 2.75) is 25.9 Å². The second-order valence-corrected chi connectivity index (χ2v) is 4.24. The molecule has 1 unspecified atom stereocenters. The second kappa shape index (κ2) is 5.55. The number of benzene rings is 1. The summed E-state index contributed by atoms with van der Waals surface area (Å²) in [7, 11) is 0. The fraction of sp³-hybridized carbons (Fsp3) is 0.286. The summed E-state index contributed by atoms with van der Waals surface area (Å²) in [4.78, 5) is 0. The maximum atomic E-state index is 9.34. The third kappa shape index (κ3) is 3.64. The number of rotatable bonds is 5. The van der Waals surface area contributed by atoms with E-state index in [1.54, 1.807) is 18.4 Å². The maximum Gasteiger partial charge on any atom is 0.115 e. The predicted molar refractivity (Wildman–Crippen MR) is 66.8 cm³/mol. The summed E-state index contributed by atoms with van der Waals surface area (Å²) in [5.41, 5.74) is 1.08. The second-order valence-electron chi connectivity index (χ2n) is 4.24. The Bertz CT molecular complexity index is 451. The highest BCUT2D eigenvalue weighted by Crippen LogP contribution is 2.11. The van der Waals surface area contributed by atoms with Crippen molar-refractivity contribution in [3.05, 3.63) is 54.0 Å². The molecule has 17 heavy (non-hydrogen) atoms. The number of hydrogen-bond donors (Lipinski definition) is 2. The Kier molecular flexibility index (Phi) is 3.83. The van der Waals surface area contributed by atoms with E-state index in [2.05, 4.69) is 12.2 Å². The molecule has 0 saturated heterocycles. The predicted octanol–water partition coefficient (Wildman–Crippen LogP) is 2.71. The van der Waals surface area contributed by atoms with E-state index in [0.717, 1.165) is 24.3 Å². The summed E-state index contributed by atoms with van der Waals surface area (Å²) in [6, 6.07) is 11.5. The molecule has 0 saturated carbocycles. The van der Waals surface area contributed by atoms with Gasteiger partial charge in [-0.25, -0.2) is 0 Å². The Morgan fingerprint density at radius 3 is 2.88 bits per heavy atom. The Morgan fingerprint density at radius 1 is 1.29 bits per heavy atom. The average molecular weight is 231 g/mol. The van der Waals surface area contributed by atoms with Gasteiger partial charge in [-0.2, -0.15) is 0 Å². The summed E-state index contributed by atoms with van der Waals surface area (Å²) >= 11 is 0. The van der Waals surface area contributed by atoms with Crippen LogP contribution in [0.1, 0.15) is 18.2 Å². The molecule has 3 nitrogen and oxygen atoms in total. The molecular weight excluding hydrogens is 214 g/mol. The van der Waals surface area contributed by atoms with Crippen LogP contribution < -0.4 is 5.32 Å². The highest BCUT2D eigenvalue weighted by Gasteiger charge is 2.05. The molecule has 90 valence electrons. The van der Waals surface area contributed by atoms with Gasteiger partial charge in [-0.3, -0.25) is 0 Å². The van der Waals surface area contributed by atoms with Crippen molar-refractivity contribution in [1.29, 1.82) is 0 Å². The third-order valence-corrected chi connectivity index (χ3v) is 2.65. The molecule has 2 rings (SSSR count). The molecular formula is C14H17NO2. The monoisotopic (exact) mass is 231 g/mol. The van der Waals surface area contributed by atoms with Gasteiger partial charge < -0.3 is 14.8 Å². The minimum absolute atomic E-state index is 0.308. The minimum Gasteiger partial charge on any atom is -0.508 e. The van der Waals surface area contributed by atoms with Gasteiger partial charge in [0.25, 0.3) is 0 Å². The summed E-state index contributed by atoms with van der Waals surface area (Å²) < 4.78 is 5.30. The van der Waals surface area contributed by atoms with E-state index in [9.17, 15) is 5.11 Å². The Hall–Kier alpha value is -1.74. The van der Waals surface area contributed by atoms with E-state index < -0.39 is 0 Å². The van der Waals surface area contributed by atoms with E-state index in [0.29, 0.717) is 11.8 Å². The highest BCUT2D eigenvalue weighted by atomic mass is 16.3. The molecule has 0 aliphatic rings. The molecule has 1 atom stereocenters. The number of furan rings is 1. The van der Waals surface area contributed by atoms with Crippen LogP contribution >= 0.6 is 0 Å². The standard InChI is InChI=1S/C14H17NO2/c1-11(8-14-6-3-7-17-14)15-10-12-4-2-5-13(16)9-12/h2-7,9,11,15-16H,8,10H2,1H3. The van der Waals surface area contributed by atoms with Crippen LogP contribution in [0.5, 0.6) is 5.75 Å². The first-order valence-corrected chi connectivity index (χ1v) is 5.78. The molecule has 1 aromatic carbocycles. The van der Waals surface area contributed by atoms with Crippen molar-refractivity contribution >= 4 is 0 Å². The van der Waals surface area contributed by atoms with Crippen LogP contribution in [0, 0.1) is 0 Å². The van der Waals surface area contributed by atoms with Gasteiger partial charge in [0.15, 0.2) is 0 Å². The zero-order valence-corrected chi connectivity index (χ0v) is 9.89. The highest BCUT2D eigenvalue weighted by molar-refractivity contribution is 5.26. The zero-order valence-electron chi connectivity index (χ0n) is 9.89.